The number of hydrogen-bond acceptors (Lipinski definition) is 2. The molecule has 0 aliphatic carbocycles. The summed E-state index contributed by atoms with van der Waals surface area (Å²) >= 11 is 0. The number of aliphatic hydroxyl groups excluding tert-OH is 1. The van der Waals surface area contributed by atoms with Gasteiger partial charge in [0.15, 0.2) is 0 Å². The molecule has 1 N–H and O–H groups in total. The predicted octanol–water partition coefficient (Wildman–Crippen LogP) is 2.17. The van der Waals surface area contributed by atoms with Gasteiger partial charge in [0.05, 0.1) is 6.61 Å². The van der Waals surface area contributed by atoms with Gasteiger partial charge in [-0.2, -0.15) is 0 Å². The van der Waals surface area contributed by atoms with E-state index in [1.165, 1.54) is 0 Å². The Kier molecular flexibility index (Phi) is 3.09. The molecule has 0 aromatic heterocycles. The lowest BCUT2D eigenvalue weighted by Gasteiger charge is -2.25. The molecule has 0 spiro atoms. The summed E-state index contributed by atoms with van der Waals surface area (Å²) in [4.78, 5) is 1.90. The maximum absolute atomic E-state index is 9.08. The first-order valence-corrected chi connectivity index (χ1v) is 4.29. The van der Waals surface area contributed by atoms with Gasteiger partial charge in [-0.25, -0.2) is 0 Å². The van der Waals surface area contributed by atoms with Gasteiger partial charge in [0, 0.05) is 17.6 Å². The van der Waals surface area contributed by atoms with E-state index in [-0.39, 0.29) is 6.61 Å². The summed E-state index contributed by atoms with van der Waals surface area (Å²) in [5.74, 6) is 0. The molecule has 0 radical (unpaired) electrons. The van der Waals surface area contributed by atoms with Gasteiger partial charge in [-0.1, -0.05) is 18.7 Å². The molecule has 1 aliphatic heterocycles. The van der Waals surface area contributed by atoms with Crippen molar-refractivity contribution in [2.24, 2.45) is 0 Å². The van der Waals surface area contributed by atoms with Crippen LogP contribution in [0.2, 0.25) is 0 Å². The fourth-order valence-electron chi connectivity index (χ4n) is 1.21. The molecule has 70 valence electrons. The van der Waals surface area contributed by atoms with Crippen LogP contribution in [-0.4, -0.2) is 16.6 Å². The molecule has 0 fully saturated rings. The average molecular weight is 177 g/mol. The topological polar surface area (TPSA) is 23.5 Å². The molecule has 0 atom stereocenters. The van der Waals surface area contributed by atoms with Gasteiger partial charge < -0.3 is 10.0 Å². The lowest BCUT2D eigenvalue weighted by Crippen LogP contribution is -2.19. The SMILES string of the molecule is C=C1C=CC(C)=CN1/C(=C\C)CO. The highest BCUT2D eigenvalue weighted by atomic mass is 16.3. The van der Waals surface area contributed by atoms with Crippen molar-refractivity contribution in [3.8, 4) is 0 Å². The Bertz CT molecular complexity index is 297. The fourth-order valence-corrected chi connectivity index (χ4v) is 1.21. The average Bonchev–Trinajstić information content (AvgIpc) is 2.13. The van der Waals surface area contributed by atoms with Crippen molar-refractivity contribution in [2.75, 3.05) is 6.61 Å². The van der Waals surface area contributed by atoms with E-state index in [0.29, 0.717) is 0 Å². The molecule has 0 aromatic rings. The second-order valence-corrected chi connectivity index (χ2v) is 3.01. The Balaban J connectivity index is 2.92. The van der Waals surface area contributed by atoms with Crippen molar-refractivity contribution < 1.29 is 5.11 Å². The molecule has 0 aromatic carbocycles. The predicted molar refractivity (Wildman–Crippen MR) is 54.7 cm³/mol. The van der Waals surface area contributed by atoms with E-state index in [4.69, 9.17) is 5.11 Å². The Morgan fingerprint density at radius 3 is 2.85 bits per heavy atom. The maximum atomic E-state index is 9.08. The zero-order valence-electron chi connectivity index (χ0n) is 8.12. The van der Waals surface area contributed by atoms with Crippen molar-refractivity contribution in [3.05, 3.63) is 48.0 Å². The lowest BCUT2D eigenvalue weighted by molar-refractivity contribution is 0.300. The van der Waals surface area contributed by atoms with Crippen LogP contribution in [0.1, 0.15) is 13.8 Å². The van der Waals surface area contributed by atoms with Crippen molar-refractivity contribution in [2.45, 2.75) is 13.8 Å². The summed E-state index contributed by atoms with van der Waals surface area (Å²) in [7, 11) is 0. The van der Waals surface area contributed by atoms with Gasteiger partial charge in [0.25, 0.3) is 0 Å². The Labute approximate surface area is 79.2 Å². The van der Waals surface area contributed by atoms with Gasteiger partial charge in [0.2, 0.25) is 0 Å². The van der Waals surface area contributed by atoms with E-state index in [9.17, 15) is 0 Å². The van der Waals surface area contributed by atoms with Crippen molar-refractivity contribution in [3.63, 3.8) is 0 Å². The van der Waals surface area contributed by atoms with Crippen molar-refractivity contribution in [1.29, 1.82) is 0 Å². The van der Waals surface area contributed by atoms with Crippen LogP contribution < -0.4 is 0 Å². The largest absolute Gasteiger partial charge is 0.390 e. The number of rotatable bonds is 2. The summed E-state index contributed by atoms with van der Waals surface area (Å²) in [6.45, 7) is 7.84. The Morgan fingerprint density at radius 1 is 1.62 bits per heavy atom. The normalized spacial score (nSPS) is 17.8. The van der Waals surface area contributed by atoms with Crippen LogP contribution in [0.15, 0.2) is 48.0 Å². The van der Waals surface area contributed by atoms with Crippen molar-refractivity contribution >= 4 is 0 Å². The van der Waals surface area contributed by atoms with Gasteiger partial charge in [-0.05, 0) is 25.5 Å². The molecule has 0 amide bonds. The molecule has 0 bridgehead atoms. The van der Waals surface area contributed by atoms with Crippen LogP contribution >= 0.6 is 0 Å². The van der Waals surface area contributed by atoms with Crippen LogP contribution in [0.3, 0.4) is 0 Å². The van der Waals surface area contributed by atoms with E-state index in [2.05, 4.69) is 6.58 Å². The summed E-state index contributed by atoms with van der Waals surface area (Å²) in [6.07, 6.45) is 7.79. The summed E-state index contributed by atoms with van der Waals surface area (Å²) in [6, 6.07) is 0. The van der Waals surface area contributed by atoms with Crippen molar-refractivity contribution in [1.82, 2.24) is 4.90 Å². The second-order valence-electron chi connectivity index (χ2n) is 3.01. The van der Waals surface area contributed by atoms with E-state index in [0.717, 1.165) is 17.0 Å². The van der Waals surface area contributed by atoms with Gasteiger partial charge in [0.1, 0.15) is 0 Å². The quantitative estimate of drug-likeness (QED) is 0.698. The first kappa shape index (κ1) is 9.81. The molecular weight excluding hydrogens is 162 g/mol. The van der Waals surface area contributed by atoms with Gasteiger partial charge in [-0.3, -0.25) is 0 Å². The molecule has 1 rings (SSSR count). The molecule has 0 saturated heterocycles. The minimum atomic E-state index is 0.0349. The molecule has 1 aliphatic rings. The number of allylic oxidation sites excluding steroid dienone is 4. The third-order valence-corrected chi connectivity index (χ3v) is 1.99. The summed E-state index contributed by atoms with van der Waals surface area (Å²) in [5, 5.41) is 9.08. The van der Waals surface area contributed by atoms with E-state index < -0.39 is 0 Å². The number of aliphatic hydroxyl groups is 1. The van der Waals surface area contributed by atoms with Gasteiger partial charge in [-0.15, -0.1) is 0 Å². The first-order valence-electron chi connectivity index (χ1n) is 4.29. The minimum Gasteiger partial charge on any atom is -0.390 e. The molecule has 1 heterocycles. The Morgan fingerprint density at radius 2 is 2.31 bits per heavy atom. The monoisotopic (exact) mass is 177 g/mol. The van der Waals surface area contributed by atoms with Crippen LogP contribution in [0.4, 0.5) is 0 Å². The zero-order valence-corrected chi connectivity index (χ0v) is 8.12. The Hall–Kier alpha value is -1.28. The van der Waals surface area contributed by atoms with Crippen LogP contribution in [0, 0.1) is 0 Å². The third-order valence-electron chi connectivity index (χ3n) is 1.99. The molecule has 0 saturated carbocycles. The standard InChI is InChI=1S/C11H15NO/c1-4-11(8-13)12-7-9(2)5-6-10(12)3/h4-7,13H,3,8H2,1-2H3/b11-4-. The van der Waals surface area contributed by atoms with E-state index >= 15 is 0 Å². The summed E-state index contributed by atoms with van der Waals surface area (Å²) in [5.41, 5.74) is 2.89. The van der Waals surface area contributed by atoms with Gasteiger partial charge >= 0.3 is 0 Å². The highest BCUT2D eigenvalue weighted by Crippen LogP contribution is 2.19. The zero-order chi connectivity index (χ0) is 9.84. The fraction of sp³-hybridized carbons (Fsp3) is 0.273. The van der Waals surface area contributed by atoms with E-state index in [1.807, 2.05) is 43.2 Å². The molecule has 2 nitrogen and oxygen atoms in total. The number of hydrogen-bond donors (Lipinski definition) is 1. The molecule has 13 heavy (non-hydrogen) atoms. The number of nitrogens with zero attached hydrogens (tertiary/aromatic N) is 1. The van der Waals surface area contributed by atoms with Crippen LogP contribution in [-0.2, 0) is 0 Å². The molecule has 0 unspecified atom stereocenters. The molecule has 2 heteroatoms. The third kappa shape index (κ3) is 2.10. The minimum absolute atomic E-state index is 0.0349. The highest BCUT2D eigenvalue weighted by molar-refractivity contribution is 5.34. The first-order chi connectivity index (χ1) is 6.19. The smallest absolute Gasteiger partial charge is 0.0833 e. The highest BCUT2D eigenvalue weighted by Gasteiger charge is 2.10. The summed E-state index contributed by atoms with van der Waals surface area (Å²) < 4.78 is 0. The lowest BCUT2D eigenvalue weighted by atomic mass is 10.2. The van der Waals surface area contributed by atoms with Crippen LogP contribution in [0.5, 0.6) is 0 Å². The second kappa shape index (κ2) is 4.10. The van der Waals surface area contributed by atoms with E-state index in [1.54, 1.807) is 0 Å². The maximum Gasteiger partial charge on any atom is 0.0833 e. The molecular formula is C11H15NO. The van der Waals surface area contributed by atoms with Crippen LogP contribution in [0.25, 0.3) is 0 Å².